The van der Waals surface area contributed by atoms with E-state index < -0.39 is 0 Å². The van der Waals surface area contributed by atoms with Crippen LogP contribution in [0.25, 0.3) is 0 Å². The number of hydrogen-bond donors (Lipinski definition) is 1. The first-order valence-electron chi connectivity index (χ1n) is 8.21. The van der Waals surface area contributed by atoms with Crippen molar-refractivity contribution in [2.24, 2.45) is 0 Å². The predicted molar refractivity (Wildman–Crippen MR) is 101 cm³/mol. The van der Waals surface area contributed by atoms with Gasteiger partial charge in [-0.15, -0.1) is 0 Å². The largest absolute Gasteiger partial charge is 0.490 e. The zero-order valence-electron chi connectivity index (χ0n) is 13.6. The van der Waals surface area contributed by atoms with Gasteiger partial charge in [-0.05, 0) is 55.2 Å². The van der Waals surface area contributed by atoms with Gasteiger partial charge in [-0.3, -0.25) is 0 Å². The minimum atomic E-state index is 0.476. The van der Waals surface area contributed by atoms with Gasteiger partial charge in [-0.2, -0.15) is 0 Å². The molecule has 3 nitrogen and oxygen atoms in total. The minimum Gasteiger partial charge on any atom is -0.490 e. The summed E-state index contributed by atoms with van der Waals surface area (Å²) in [5.74, 6) is 1.52. The Labute approximate surface area is 156 Å². The van der Waals surface area contributed by atoms with E-state index >= 15 is 0 Å². The Bertz CT molecular complexity index is 687. The molecule has 0 bridgehead atoms. The quantitative estimate of drug-likeness (QED) is 0.638. The fourth-order valence-electron chi connectivity index (χ4n) is 2.38. The topological polar surface area (TPSA) is 30.5 Å². The van der Waals surface area contributed by atoms with Crippen LogP contribution in [0.1, 0.15) is 30.9 Å². The molecule has 1 aliphatic carbocycles. The first-order chi connectivity index (χ1) is 11.7. The average molecular weight is 411 g/mol. The maximum atomic E-state index is 5.97. The molecule has 1 saturated carbocycles. The number of ether oxygens (including phenoxy) is 2. The van der Waals surface area contributed by atoms with E-state index in [4.69, 9.17) is 21.1 Å². The second kappa shape index (κ2) is 8.24. The van der Waals surface area contributed by atoms with Gasteiger partial charge < -0.3 is 14.8 Å². The lowest BCUT2D eigenvalue weighted by Gasteiger charge is -2.15. The lowest BCUT2D eigenvalue weighted by molar-refractivity contribution is 0.269. The van der Waals surface area contributed by atoms with Crippen LogP contribution in [-0.4, -0.2) is 12.6 Å². The summed E-state index contributed by atoms with van der Waals surface area (Å²) in [5.41, 5.74) is 2.25. The Balaban J connectivity index is 1.72. The zero-order valence-corrected chi connectivity index (χ0v) is 16.0. The van der Waals surface area contributed by atoms with Crippen molar-refractivity contribution in [2.75, 3.05) is 6.61 Å². The number of benzene rings is 2. The van der Waals surface area contributed by atoms with Crippen molar-refractivity contribution < 1.29 is 9.47 Å². The third kappa shape index (κ3) is 4.88. The van der Waals surface area contributed by atoms with Gasteiger partial charge in [0.1, 0.15) is 6.61 Å². The van der Waals surface area contributed by atoms with E-state index in [9.17, 15) is 0 Å². The van der Waals surface area contributed by atoms with Crippen LogP contribution in [0.3, 0.4) is 0 Å². The molecule has 5 heteroatoms. The van der Waals surface area contributed by atoms with Crippen molar-refractivity contribution in [1.82, 2.24) is 5.32 Å². The smallest absolute Gasteiger partial charge is 0.162 e. The average Bonchev–Trinajstić information content (AvgIpc) is 3.39. The molecule has 0 atom stereocenters. The van der Waals surface area contributed by atoms with Gasteiger partial charge in [0.15, 0.2) is 11.5 Å². The van der Waals surface area contributed by atoms with Gasteiger partial charge in [0.05, 0.1) is 6.61 Å². The summed E-state index contributed by atoms with van der Waals surface area (Å²) in [4.78, 5) is 0. The third-order valence-corrected chi connectivity index (χ3v) is 4.87. The molecule has 0 aromatic heterocycles. The molecule has 1 aliphatic rings. The lowest BCUT2D eigenvalue weighted by Crippen LogP contribution is -2.15. The van der Waals surface area contributed by atoms with Crippen LogP contribution in [0, 0.1) is 0 Å². The second-order valence-corrected chi connectivity index (χ2v) is 7.18. The van der Waals surface area contributed by atoms with E-state index in [1.54, 1.807) is 0 Å². The molecule has 24 heavy (non-hydrogen) atoms. The number of nitrogens with one attached hydrogen (secondary N) is 1. The molecule has 0 spiro atoms. The predicted octanol–water partition coefficient (Wildman–Crippen LogP) is 5.33. The van der Waals surface area contributed by atoms with Gasteiger partial charge >= 0.3 is 0 Å². The molecule has 0 heterocycles. The van der Waals surface area contributed by atoms with Gasteiger partial charge in [-0.1, -0.05) is 39.7 Å². The highest BCUT2D eigenvalue weighted by molar-refractivity contribution is 9.10. The lowest BCUT2D eigenvalue weighted by atomic mass is 10.2. The Kier molecular flexibility index (Phi) is 6.04. The monoisotopic (exact) mass is 409 g/mol. The fraction of sp³-hybridized carbons (Fsp3) is 0.368. The number of halogens is 2. The first kappa shape index (κ1) is 17.6. The van der Waals surface area contributed by atoms with Crippen LogP contribution in [0.15, 0.2) is 40.9 Å². The number of rotatable bonds is 8. The van der Waals surface area contributed by atoms with Crippen molar-refractivity contribution in [3.63, 3.8) is 0 Å². The summed E-state index contributed by atoms with van der Waals surface area (Å²) in [6.45, 7) is 3.90. The van der Waals surface area contributed by atoms with Crippen LogP contribution < -0.4 is 14.8 Å². The SMILES string of the molecule is CCOc1cc(CNC2CC2)c(Br)cc1OCc1ccc(Cl)cc1. The van der Waals surface area contributed by atoms with Gasteiger partial charge in [0, 0.05) is 22.1 Å². The molecule has 1 N–H and O–H groups in total. The van der Waals surface area contributed by atoms with Crippen molar-refractivity contribution in [1.29, 1.82) is 0 Å². The maximum Gasteiger partial charge on any atom is 0.162 e. The van der Waals surface area contributed by atoms with Crippen molar-refractivity contribution >= 4 is 27.5 Å². The molecule has 2 aromatic rings. The third-order valence-electron chi connectivity index (χ3n) is 3.88. The van der Waals surface area contributed by atoms with Crippen LogP contribution in [-0.2, 0) is 13.2 Å². The molecule has 0 saturated heterocycles. The summed E-state index contributed by atoms with van der Waals surface area (Å²) in [6.07, 6.45) is 2.55. The molecule has 0 radical (unpaired) electrons. The summed E-state index contributed by atoms with van der Waals surface area (Å²) in [7, 11) is 0. The van der Waals surface area contributed by atoms with E-state index in [1.165, 1.54) is 18.4 Å². The molecule has 128 valence electrons. The fourth-order valence-corrected chi connectivity index (χ4v) is 2.97. The summed E-state index contributed by atoms with van der Waals surface area (Å²) in [6, 6.07) is 12.4. The Morgan fingerprint density at radius 1 is 1.12 bits per heavy atom. The molecule has 0 unspecified atom stereocenters. The number of hydrogen-bond acceptors (Lipinski definition) is 3. The molecule has 2 aromatic carbocycles. The van der Waals surface area contributed by atoms with Crippen molar-refractivity contribution in [3.05, 3.63) is 57.0 Å². The van der Waals surface area contributed by atoms with Crippen LogP contribution in [0.4, 0.5) is 0 Å². The highest BCUT2D eigenvalue weighted by atomic mass is 79.9. The van der Waals surface area contributed by atoms with E-state index in [0.29, 0.717) is 19.3 Å². The van der Waals surface area contributed by atoms with Crippen molar-refractivity contribution in [2.45, 2.75) is 39.0 Å². The van der Waals surface area contributed by atoms with Gasteiger partial charge in [0.2, 0.25) is 0 Å². The zero-order chi connectivity index (χ0) is 16.9. The van der Waals surface area contributed by atoms with Crippen LogP contribution in [0.5, 0.6) is 11.5 Å². The van der Waals surface area contributed by atoms with Crippen LogP contribution in [0.2, 0.25) is 5.02 Å². The molecule has 3 rings (SSSR count). The standard InChI is InChI=1S/C19H21BrClNO2/c1-2-23-18-9-14(11-22-16-7-8-16)17(20)10-19(18)24-12-13-3-5-15(21)6-4-13/h3-6,9-10,16,22H,2,7-8,11-12H2,1H3. The van der Waals surface area contributed by atoms with Gasteiger partial charge in [-0.25, -0.2) is 0 Å². The highest BCUT2D eigenvalue weighted by Gasteiger charge is 2.21. The Morgan fingerprint density at radius 2 is 1.83 bits per heavy atom. The molecular formula is C19H21BrClNO2. The summed E-state index contributed by atoms with van der Waals surface area (Å²) < 4.78 is 12.8. The highest BCUT2D eigenvalue weighted by Crippen LogP contribution is 2.35. The van der Waals surface area contributed by atoms with Gasteiger partial charge in [0.25, 0.3) is 0 Å². The van der Waals surface area contributed by atoms with E-state index in [0.717, 1.165) is 33.1 Å². The van der Waals surface area contributed by atoms with E-state index in [-0.39, 0.29) is 0 Å². The molecule has 0 amide bonds. The first-order valence-corrected chi connectivity index (χ1v) is 9.38. The molecular weight excluding hydrogens is 390 g/mol. The molecule has 1 fully saturated rings. The second-order valence-electron chi connectivity index (χ2n) is 5.89. The van der Waals surface area contributed by atoms with Crippen molar-refractivity contribution in [3.8, 4) is 11.5 Å². The van der Waals surface area contributed by atoms with E-state index in [1.807, 2.05) is 37.3 Å². The molecule has 0 aliphatic heterocycles. The summed E-state index contributed by atoms with van der Waals surface area (Å²) in [5, 5.41) is 4.25. The maximum absolute atomic E-state index is 5.97. The Hall–Kier alpha value is -1.23. The normalized spacial score (nSPS) is 13.8. The summed E-state index contributed by atoms with van der Waals surface area (Å²) >= 11 is 9.56. The van der Waals surface area contributed by atoms with Crippen LogP contribution >= 0.6 is 27.5 Å². The Morgan fingerprint density at radius 3 is 2.50 bits per heavy atom. The minimum absolute atomic E-state index is 0.476. The van der Waals surface area contributed by atoms with E-state index in [2.05, 4.69) is 27.3 Å².